The number of piperazine rings is 2. The average molecular weight is 695 g/mol. The van der Waals surface area contributed by atoms with Gasteiger partial charge in [-0.25, -0.2) is 9.18 Å². The number of amides is 2. The molecule has 1 aromatic carbocycles. The van der Waals surface area contributed by atoms with Gasteiger partial charge in [0.05, 0.1) is 6.10 Å². The van der Waals surface area contributed by atoms with Crippen molar-refractivity contribution in [1.29, 1.82) is 0 Å². The van der Waals surface area contributed by atoms with Crippen LogP contribution in [-0.4, -0.2) is 114 Å². The molecular weight excluding hydrogens is 643 g/mol. The Morgan fingerprint density at radius 3 is 2.42 bits per heavy atom. The van der Waals surface area contributed by atoms with Crippen LogP contribution < -0.4 is 10.2 Å². The van der Waals surface area contributed by atoms with E-state index in [1.807, 2.05) is 45.1 Å². The van der Waals surface area contributed by atoms with Crippen LogP contribution in [0.25, 0.3) is 6.08 Å². The van der Waals surface area contributed by atoms with Crippen LogP contribution in [0.1, 0.15) is 45.6 Å². The number of aromatic nitrogens is 2. The molecule has 4 rings (SSSR count). The first-order valence-corrected chi connectivity index (χ1v) is 17.5. The highest BCUT2D eigenvalue weighted by Gasteiger charge is 2.26. The van der Waals surface area contributed by atoms with Gasteiger partial charge in [0.2, 0.25) is 5.91 Å². The molecule has 1 aromatic heterocycles. The lowest BCUT2D eigenvalue weighted by Crippen LogP contribution is -2.49. The summed E-state index contributed by atoms with van der Waals surface area (Å²) in [4.78, 5) is 54.4. The van der Waals surface area contributed by atoms with E-state index < -0.39 is 30.0 Å². The molecule has 0 spiro atoms. The molecule has 0 bridgehead atoms. The molecule has 2 fully saturated rings. The number of hydrogen-bond donors (Lipinski definition) is 2. The van der Waals surface area contributed by atoms with Gasteiger partial charge >= 0.3 is 6.09 Å². The summed E-state index contributed by atoms with van der Waals surface area (Å²) in [5.41, 5.74) is 2.09. The number of carbonyl (C=O) groups is 4. The molecule has 2 N–H and O–H groups in total. The Bertz CT molecular complexity index is 1470. The minimum Gasteiger partial charge on any atom is -0.442 e. The van der Waals surface area contributed by atoms with Gasteiger partial charge in [0.1, 0.15) is 31.0 Å². The van der Waals surface area contributed by atoms with Crippen LogP contribution in [0.15, 0.2) is 54.4 Å². The fraction of sp³-hybridized carbons (Fsp3) is 0.541. The van der Waals surface area contributed by atoms with Crippen molar-refractivity contribution < 1.29 is 33.4 Å². The zero-order valence-electron chi connectivity index (χ0n) is 29.3. The minimum absolute atomic E-state index is 0.0122. The van der Waals surface area contributed by atoms with Crippen LogP contribution in [-0.2, 0) is 25.7 Å². The highest BCUT2D eigenvalue weighted by atomic mass is 19.1. The van der Waals surface area contributed by atoms with Crippen LogP contribution in [0, 0.1) is 23.6 Å². The summed E-state index contributed by atoms with van der Waals surface area (Å²) in [6, 6.07) is 6.59. The fourth-order valence-corrected chi connectivity index (χ4v) is 6.35. The van der Waals surface area contributed by atoms with Gasteiger partial charge in [-0.3, -0.25) is 9.48 Å². The Balaban J connectivity index is 1.42. The molecular formula is C37H51FN6O6. The Morgan fingerprint density at radius 1 is 1.02 bits per heavy atom. The van der Waals surface area contributed by atoms with Gasteiger partial charge < -0.3 is 39.4 Å². The number of carbonyl (C=O) groups excluding carboxylic acids is 4. The second-order valence-electron chi connectivity index (χ2n) is 13.3. The smallest absolute Gasteiger partial charge is 0.410 e. The van der Waals surface area contributed by atoms with Gasteiger partial charge in [-0.05, 0) is 67.5 Å². The summed E-state index contributed by atoms with van der Waals surface area (Å²) in [6.07, 6.45) is 9.64. The molecule has 2 aliphatic rings. The van der Waals surface area contributed by atoms with Gasteiger partial charge in [0.15, 0.2) is 0 Å². The summed E-state index contributed by atoms with van der Waals surface area (Å²) in [6.45, 7) is 10.5. The third-order valence-electron chi connectivity index (χ3n) is 9.49. The van der Waals surface area contributed by atoms with E-state index in [1.54, 1.807) is 32.9 Å². The minimum atomic E-state index is -0.759. The Morgan fingerprint density at radius 2 is 1.76 bits per heavy atom. The molecule has 12 nitrogen and oxygen atoms in total. The van der Waals surface area contributed by atoms with Crippen molar-refractivity contribution in [1.82, 2.24) is 24.9 Å². The monoisotopic (exact) mass is 694 g/mol. The second kappa shape index (κ2) is 19.1. The van der Waals surface area contributed by atoms with Crippen molar-refractivity contribution in [3.05, 3.63) is 65.8 Å². The third kappa shape index (κ3) is 11.3. The molecule has 5 atom stereocenters. The molecule has 0 radical (unpaired) electrons. The molecule has 2 saturated heterocycles. The molecule has 272 valence electrons. The van der Waals surface area contributed by atoms with Crippen molar-refractivity contribution in [3.63, 3.8) is 0 Å². The standard InChI is InChI=1S/C37H51FN6O6/c1-27(6-8-35(28(2)5-7-33(47)9-20-45)50-37(49)43-14-11-39-12-15-43)34(26-46)29(3)21-30-22-31(38)24-32(23-30)41-16-18-42(19-17-41)36(48)25-44-13-4-10-40-44/h4,6,8,10,13,20-24,26-28,33-35,39,47H,5,7,9,11-12,14-19,25H2,1-3H3/b8-6+,29-21+/t27-,28-,33+,34-,35-/m0/s1. The number of hydrogen-bond acceptors (Lipinski definition) is 9. The lowest BCUT2D eigenvalue weighted by atomic mass is 9.86. The third-order valence-corrected chi connectivity index (χ3v) is 9.49. The first kappa shape index (κ1) is 38.4. The number of allylic oxidation sites excluding steroid dienone is 2. The largest absolute Gasteiger partial charge is 0.442 e. The van der Waals surface area contributed by atoms with Crippen LogP contribution in [0.2, 0.25) is 0 Å². The van der Waals surface area contributed by atoms with E-state index in [1.165, 1.54) is 12.1 Å². The molecule has 13 heteroatoms. The van der Waals surface area contributed by atoms with E-state index in [4.69, 9.17) is 4.74 Å². The van der Waals surface area contributed by atoms with Crippen LogP contribution in [0.5, 0.6) is 0 Å². The lowest BCUT2D eigenvalue weighted by molar-refractivity contribution is -0.132. The van der Waals surface area contributed by atoms with E-state index in [9.17, 15) is 28.7 Å². The lowest BCUT2D eigenvalue weighted by Gasteiger charge is -2.36. The van der Waals surface area contributed by atoms with E-state index in [2.05, 4.69) is 15.3 Å². The molecule has 2 aliphatic heterocycles. The Labute approximate surface area is 293 Å². The number of aliphatic hydroxyl groups is 1. The van der Waals surface area contributed by atoms with Crippen molar-refractivity contribution in [3.8, 4) is 0 Å². The maximum absolute atomic E-state index is 14.9. The normalized spacial score (nSPS) is 18.7. The zero-order chi connectivity index (χ0) is 36.0. The number of nitrogens with zero attached hydrogens (tertiary/aromatic N) is 5. The number of anilines is 1. The number of rotatable bonds is 16. The molecule has 3 heterocycles. The Hall–Kier alpha value is -4.36. The van der Waals surface area contributed by atoms with Gasteiger partial charge in [-0.1, -0.05) is 31.6 Å². The predicted molar refractivity (Wildman–Crippen MR) is 189 cm³/mol. The molecule has 2 aromatic rings. The predicted octanol–water partition coefficient (Wildman–Crippen LogP) is 3.56. The second-order valence-corrected chi connectivity index (χ2v) is 13.3. The van der Waals surface area contributed by atoms with Crippen molar-refractivity contribution in [2.75, 3.05) is 57.3 Å². The van der Waals surface area contributed by atoms with Crippen molar-refractivity contribution in [2.24, 2.45) is 17.8 Å². The van der Waals surface area contributed by atoms with Crippen molar-refractivity contribution >= 4 is 36.3 Å². The summed E-state index contributed by atoms with van der Waals surface area (Å²) in [7, 11) is 0. The SMILES string of the molecule is C/C(=C\c1cc(F)cc(N2CCN(C(=O)Cn3cccn3)CC2)c1)[C@@H](C=O)[C@@H](C)/C=C/[C@H](OC(=O)N1CCNCC1)[C@@H](C)CC[C@@H](O)CC=O. The molecule has 50 heavy (non-hydrogen) atoms. The zero-order valence-corrected chi connectivity index (χ0v) is 29.3. The van der Waals surface area contributed by atoms with Gasteiger partial charge in [-0.2, -0.15) is 5.10 Å². The van der Waals surface area contributed by atoms with E-state index >= 15 is 0 Å². The van der Waals surface area contributed by atoms with E-state index in [-0.39, 0.29) is 30.7 Å². The maximum Gasteiger partial charge on any atom is 0.410 e. The molecule has 0 saturated carbocycles. The molecule has 2 amide bonds. The number of benzene rings is 1. The summed E-state index contributed by atoms with van der Waals surface area (Å²) in [5.74, 6) is -1.34. The van der Waals surface area contributed by atoms with Gasteiger partial charge in [0.25, 0.3) is 0 Å². The molecule has 0 unspecified atom stereocenters. The number of nitrogens with one attached hydrogen (secondary N) is 1. The average Bonchev–Trinajstić information content (AvgIpc) is 3.62. The Kier molecular flexibility index (Phi) is 14.7. The van der Waals surface area contributed by atoms with Crippen LogP contribution in [0.4, 0.5) is 14.9 Å². The summed E-state index contributed by atoms with van der Waals surface area (Å²) >= 11 is 0. The number of halogens is 1. The van der Waals surface area contributed by atoms with E-state index in [0.29, 0.717) is 82.7 Å². The van der Waals surface area contributed by atoms with Crippen LogP contribution in [0.3, 0.4) is 0 Å². The fourth-order valence-electron chi connectivity index (χ4n) is 6.35. The highest BCUT2D eigenvalue weighted by molar-refractivity contribution is 5.76. The van der Waals surface area contributed by atoms with Crippen LogP contribution >= 0.6 is 0 Å². The molecule has 0 aliphatic carbocycles. The van der Waals surface area contributed by atoms with Gasteiger partial charge in [-0.15, -0.1) is 0 Å². The highest BCUT2D eigenvalue weighted by Crippen LogP contribution is 2.27. The van der Waals surface area contributed by atoms with Gasteiger partial charge in [0, 0.05) is 82.8 Å². The first-order valence-electron chi connectivity index (χ1n) is 17.5. The quantitative estimate of drug-likeness (QED) is 0.200. The number of aldehydes is 2. The topological polar surface area (TPSA) is 137 Å². The maximum atomic E-state index is 14.9. The van der Waals surface area contributed by atoms with Crippen molar-refractivity contribution in [2.45, 2.75) is 58.8 Å². The number of ether oxygens (including phenoxy) is 1. The van der Waals surface area contributed by atoms with E-state index in [0.717, 1.165) is 11.9 Å². The summed E-state index contributed by atoms with van der Waals surface area (Å²) < 4.78 is 22.4. The number of aliphatic hydroxyl groups excluding tert-OH is 1. The summed E-state index contributed by atoms with van der Waals surface area (Å²) in [5, 5.41) is 17.4. The first-order chi connectivity index (χ1) is 24.1.